The maximum Gasteiger partial charge on any atom is 0.354 e. The van der Waals surface area contributed by atoms with Crippen LogP contribution in [0.1, 0.15) is 11.1 Å². The van der Waals surface area contributed by atoms with E-state index in [-0.39, 0.29) is 5.70 Å². The molecule has 19 heavy (non-hydrogen) atoms. The third-order valence-corrected chi connectivity index (χ3v) is 2.53. The van der Waals surface area contributed by atoms with Crippen LogP contribution in [0.2, 0.25) is 0 Å². The van der Waals surface area contributed by atoms with Gasteiger partial charge in [-0.1, -0.05) is 12.1 Å². The summed E-state index contributed by atoms with van der Waals surface area (Å²) in [5.41, 5.74) is 2.75. The Morgan fingerprint density at radius 3 is 2.42 bits per heavy atom. The van der Waals surface area contributed by atoms with Crippen LogP contribution >= 0.6 is 0 Å². The van der Waals surface area contributed by atoms with Crippen LogP contribution in [0.25, 0.3) is 0 Å². The molecule has 0 aliphatic heterocycles. The van der Waals surface area contributed by atoms with Gasteiger partial charge in [-0.25, -0.2) is 9.59 Å². The second-order valence-electron chi connectivity index (χ2n) is 4.02. The molecule has 0 unspecified atom stereocenters. The predicted molar refractivity (Wildman–Crippen MR) is 71.7 cm³/mol. The summed E-state index contributed by atoms with van der Waals surface area (Å²) in [5, 5.41) is 2.89. The summed E-state index contributed by atoms with van der Waals surface area (Å²) in [6, 6.07) is 5.76. The SMILES string of the molecule is COC(=O)/C=C(/Nc1cc(C)ccc1C)C(=O)OC. The molecule has 0 saturated heterocycles. The minimum Gasteiger partial charge on any atom is -0.466 e. The second kappa shape index (κ2) is 6.58. The van der Waals surface area contributed by atoms with E-state index in [4.69, 9.17) is 0 Å². The van der Waals surface area contributed by atoms with Crippen molar-refractivity contribution in [3.63, 3.8) is 0 Å². The molecular formula is C14H17NO4. The number of methoxy groups -OCH3 is 2. The third-order valence-electron chi connectivity index (χ3n) is 2.53. The number of aryl methyl sites for hydroxylation is 2. The Bertz CT molecular complexity index is 520. The number of esters is 2. The number of hydrogen-bond acceptors (Lipinski definition) is 5. The van der Waals surface area contributed by atoms with Crippen molar-refractivity contribution >= 4 is 17.6 Å². The average Bonchev–Trinajstić information content (AvgIpc) is 2.40. The van der Waals surface area contributed by atoms with Crippen LogP contribution < -0.4 is 5.32 Å². The Morgan fingerprint density at radius 1 is 1.16 bits per heavy atom. The van der Waals surface area contributed by atoms with E-state index in [1.165, 1.54) is 14.2 Å². The van der Waals surface area contributed by atoms with Crippen LogP contribution in [0.15, 0.2) is 30.0 Å². The van der Waals surface area contributed by atoms with E-state index in [1.807, 2.05) is 32.0 Å². The standard InChI is InChI=1S/C14H17NO4/c1-9-5-6-10(2)11(7-9)15-12(14(17)19-4)8-13(16)18-3/h5-8,15H,1-4H3/b12-8+. The van der Waals surface area contributed by atoms with Crippen molar-refractivity contribution in [2.75, 3.05) is 19.5 Å². The zero-order valence-electron chi connectivity index (χ0n) is 11.4. The molecular weight excluding hydrogens is 246 g/mol. The van der Waals surface area contributed by atoms with Gasteiger partial charge < -0.3 is 14.8 Å². The van der Waals surface area contributed by atoms with Gasteiger partial charge in [0.25, 0.3) is 0 Å². The molecule has 0 aliphatic rings. The monoisotopic (exact) mass is 263 g/mol. The molecule has 0 fully saturated rings. The lowest BCUT2D eigenvalue weighted by Crippen LogP contribution is -2.16. The summed E-state index contributed by atoms with van der Waals surface area (Å²) >= 11 is 0. The van der Waals surface area contributed by atoms with Crippen LogP contribution in [0, 0.1) is 13.8 Å². The van der Waals surface area contributed by atoms with Gasteiger partial charge in [-0.15, -0.1) is 0 Å². The number of nitrogens with one attached hydrogen (secondary N) is 1. The molecule has 0 radical (unpaired) electrons. The van der Waals surface area contributed by atoms with Gasteiger partial charge in [0.15, 0.2) is 0 Å². The molecule has 1 rings (SSSR count). The Labute approximate surface area is 112 Å². The molecule has 1 aromatic rings. The first-order valence-corrected chi connectivity index (χ1v) is 5.70. The molecule has 1 N–H and O–H groups in total. The van der Waals surface area contributed by atoms with E-state index < -0.39 is 11.9 Å². The average molecular weight is 263 g/mol. The quantitative estimate of drug-likeness (QED) is 0.664. The molecule has 0 atom stereocenters. The van der Waals surface area contributed by atoms with E-state index >= 15 is 0 Å². The molecule has 0 heterocycles. The van der Waals surface area contributed by atoms with Gasteiger partial charge in [0.05, 0.1) is 20.3 Å². The molecule has 0 aromatic heterocycles. The van der Waals surface area contributed by atoms with E-state index in [0.717, 1.165) is 22.9 Å². The van der Waals surface area contributed by atoms with Gasteiger partial charge in [-0.2, -0.15) is 0 Å². The van der Waals surface area contributed by atoms with Crippen molar-refractivity contribution in [2.24, 2.45) is 0 Å². The molecule has 5 heteroatoms. The topological polar surface area (TPSA) is 64.6 Å². The Kier molecular flexibility index (Phi) is 5.11. The van der Waals surface area contributed by atoms with Crippen LogP contribution in [0.4, 0.5) is 5.69 Å². The fourth-order valence-corrected chi connectivity index (χ4v) is 1.45. The molecule has 5 nitrogen and oxygen atoms in total. The number of carbonyl (C=O) groups excluding carboxylic acids is 2. The number of rotatable bonds is 4. The van der Waals surface area contributed by atoms with Crippen molar-refractivity contribution in [3.05, 3.63) is 41.1 Å². The molecule has 1 aromatic carbocycles. The van der Waals surface area contributed by atoms with Crippen molar-refractivity contribution in [3.8, 4) is 0 Å². The maximum atomic E-state index is 11.6. The first-order chi connectivity index (χ1) is 8.97. The summed E-state index contributed by atoms with van der Waals surface area (Å²) in [4.78, 5) is 22.8. The smallest absolute Gasteiger partial charge is 0.354 e. The third kappa shape index (κ3) is 4.13. The Hall–Kier alpha value is -2.30. The van der Waals surface area contributed by atoms with Gasteiger partial charge in [0.1, 0.15) is 5.70 Å². The molecule has 0 aliphatic carbocycles. The summed E-state index contributed by atoms with van der Waals surface area (Å²) in [7, 11) is 2.49. The summed E-state index contributed by atoms with van der Waals surface area (Å²) < 4.78 is 9.13. The maximum absolute atomic E-state index is 11.6. The number of benzene rings is 1. The van der Waals surface area contributed by atoms with Crippen LogP contribution in [0.5, 0.6) is 0 Å². The lowest BCUT2D eigenvalue weighted by Gasteiger charge is -2.12. The van der Waals surface area contributed by atoms with E-state index in [2.05, 4.69) is 14.8 Å². The highest BCUT2D eigenvalue weighted by Crippen LogP contribution is 2.18. The number of ether oxygens (including phenoxy) is 2. The Balaban J connectivity index is 3.07. The summed E-state index contributed by atoms with van der Waals surface area (Å²) in [6.07, 6.45) is 1.06. The summed E-state index contributed by atoms with van der Waals surface area (Å²) in [6.45, 7) is 3.83. The summed E-state index contributed by atoms with van der Waals surface area (Å²) in [5.74, 6) is -1.26. The number of anilines is 1. The largest absolute Gasteiger partial charge is 0.466 e. The van der Waals surface area contributed by atoms with Gasteiger partial charge in [0, 0.05) is 5.69 Å². The van der Waals surface area contributed by atoms with Crippen molar-refractivity contribution in [2.45, 2.75) is 13.8 Å². The highest BCUT2D eigenvalue weighted by Gasteiger charge is 2.13. The molecule has 102 valence electrons. The normalized spacial score (nSPS) is 10.8. The fraction of sp³-hybridized carbons (Fsp3) is 0.286. The predicted octanol–water partition coefficient (Wildman–Crippen LogP) is 1.95. The van der Waals surface area contributed by atoms with Gasteiger partial charge in [0.2, 0.25) is 0 Å². The Morgan fingerprint density at radius 2 is 1.84 bits per heavy atom. The van der Waals surface area contributed by atoms with E-state index in [0.29, 0.717) is 0 Å². The second-order valence-corrected chi connectivity index (χ2v) is 4.02. The fourth-order valence-electron chi connectivity index (χ4n) is 1.45. The number of carbonyl (C=O) groups is 2. The number of hydrogen-bond donors (Lipinski definition) is 1. The van der Waals surface area contributed by atoms with Crippen molar-refractivity contribution in [1.29, 1.82) is 0 Å². The van der Waals surface area contributed by atoms with Gasteiger partial charge >= 0.3 is 11.9 Å². The minimum atomic E-state index is -0.633. The zero-order valence-corrected chi connectivity index (χ0v) is 11.4. The molecule has 0 saturated carbocycles. The lowest BCUT2D eigenvalue weighted by molar-refractivity contribution is -0.138. The van der Waals surface area contributed by atoms with Crippen LogP contribution in [-0.2, 0) is 19.1 Å². The van der Waals surface area contributed by atoms with Gasteiger partial charge in [-0.05, 0) is 31.0 Å². The van der Waals surface area contributed by atoms with E-state index in [9.17, 15) is 9.59 Å². The van der Waals surface area contributed by atoms with Crippen LogP contribution in [-0.4, -0.2) is 26.2 Å². The first-order valence-electron chi connectivity index (χ1n) is 5.70. The first kappa shape index (κ1) is 14.8. The highest BCUT2D eigenvalue weighted by molar-refractivity contribution is 5.98. The highest BCUT2D eigenvalue weighted by atomic mass is 16.5. The van der Waals surface area contributed by atoms with Crippen molar-refractivity contribution < 1.29 is 19.1 Å². The van der Waals surface area contributed by atoms with Gasteiger partial charge in [-0.3, -0.25) is 0 Å². The molecule has 0 spiro atoms. The van der Waals surface area contributed by atoms with Crippen molar-refractivity contribution in [1.82, 2.24) is 0 Å². The minimum absolute atomic E-state index is 0.0306. The lowest BCUT2D eigenvalue weighted by atomic mass is 10.1. The zero-order chi connectivity index (χ0) is 14.4. The van der Waals surface area contributed by atoms with Crippen LogP contribution in [0.3, 0.4) is 0 Å². The van der Waals surface area contributed by atoms with E-state index in [1.54, 1.807) is 0 Å². The molecule has 0 bridgehead atoms. The molecule has 0 amide bonds.